The average molecular weight is 570 g/mol. The molecule has 1 heterocycles. The first-order valence-corrected chi connectivity index (χ1v) is 15.5. The molecule has 214 valence electrons. The largest absolute Gasteiger partial charge is 0.467 e. The zero-order chi connectivity index (χ0) is 29.2. The summed E-state index contributed by atoms with van der Waals surface area (Å²) in [6.45, 7) is 5.77. The predicted molar refractivity (Wildman–Crippen MR) is 171 cm³/mol. The van der Waals surface area contributed by atoms with Gasteiger partial charge in [-0.15, -0.1) is 0 Å². The molecule has 41 heavy (non-hydrogen) atoms. The van der Waals surface area contributed by atoms with E-state index >= 15 is 0 Å². The Morgan fingerprint density at radius 3 is 2.54 bits per heavy atom. The van der Waals surface area contributed by atoms with E-state index in [2.05, 4.69) is 41.4 Å². The minimum atomic E-state index is -0.701. The number of nitrogens with zero attached hydrogens (tertiary/aromatic N) is 2. The SMILES string of the molecule is CCCCN(Cc1ccc(C(=O)N[C@@H](CCSC)C(=O)OC)c(-c2ccccc2C)c1)c1ccc2ccccc2n1. The summed E-state index contributed by atoms with van der Waals surface area (Å²) >= 11 is 1.63. The summed E-state index contributed by atoms with van der Waals surface area (Å²) in [7, 11) is 1.35. The van der Waals surface area contributed by atoms with Gasteiger partial charge >= 0.3 is 5.97 Å². The van der Waals surface area contributed by atoms with Crippen LogP contribution >= 0.6 is 11.8 Å². The van der Waals surface area contributed by atoms with Gasteiger partial charge in [-0.3, -0.25) is 4.79 Å². The molecule has 0 aliphatic carbocycles. The van der Waals surface area contributed by atoms with Crippen molar-refractivity contribution in [3.05, 3.63) is 95.6 Å². The molecule has 1 amide bonds. The molecular formula is C34H39N3O3S. The van der Waals surface area contributed by atoms with Crippen molar-refractivity contribution in [2.75, 3.05) is 30.6 Å². The number of pyridine rings is 1. The van der Waals surface area contributed by atoms with Gasteiger partial charge in [-0.1, -0.05) is 61.9 Å². The molecule has 0 fully saturated rings. The van der Waals surface area contributed by atoms with Crippen molar-refractivity contribution in [2.45, 2.75) is 45.7 Å². The number of benzene rings is 3. The zero-order valence-corrected chi connectivity index (χ0v) is 25.2. The van der Waals surface area contributed by atoms with Crippen LogP contribution in [0.15, 0.2) is 78.9 Å². The molecule has 7 heteroatoms. The molecule has 0 aliphatic heterocycles. The van der Waals surface area contributed by atoms with E-state index in [4.69, 9.17) is 9.72 Å². The van der Waals surface area contributed by atoms with Crippen molar-refractivity contribution in [1.82, 2.24) is 10.3 Å². The van der Waals surface area contributed by atoms with Gasteiger partial charge in [0, 0.05) is 24.0 Å². The van der Waals surface area contributed by atoms with Crippen molar-refractivity contribution in [3.8, 4) is 11.1 Å². The second-order valence-corrected chi connectivity index (χ2v) is 11.1. The molecule has 0 unspecified atom stereocenters. The first-order valence-electron chi connectivity index (χ1n) is 14.1. The van der Waals surface area contributed by atoms with Crippen LogP contribution in [-0.4, -0.2) is 48.6 Å². The van der Waals surface area contributed by atoms with Gasteiger partial charge in [0.25, 0.3) is 5.91 Å². The normalized spacial score (nSPS) is 11.7. The van der Waals surface area contributed by atoms with Crippen molar-refractivity contribution in [1.29, 1.82) is 0 Å². The molecule has 6 nitrogen and oxygen atoms in total. The number of anilines is 1. The topological polar surface area (TPSA) is 71.5 Å². The van der Waals surface area contributed by atoms with E-state index in [9.17, 15) is 9.59 Å². The number of ether oxygens (including phenoxy) is 1. The van der Waals surface area contributed by atoms with E-state index in [0.29, 0.717) is 18.5 Å². The number of unbranched alkanes of at least 4 members (excludes halogenated alkanes) is 1. The van der Waals surface area contributed by atoms with Gasteiger partial charge in [0.2, 0.25) is 0 Å². The van der Waals surface area contributed by atoms with E-state index in [1.807, 2.05) is 67.8 Å². The molecule has 0 radical (unpaired) electrons. The number of aryl methyl sites for hydroxylation is 1. The van der Waals surface area contributed by atoms with Crippen LogP contribution < -0.4 is 10.2 Å². The van der Waals surface area contributed by atoms with Crippen LogP contribution in [0.3, 0.4) is 0 Å². The van der Waals surface area contributed by atoms with E-state index in [1.54, 1.807) is 11.8 Å². The van der Waals surface area contributed by atoms with Gasteiger partial charge in [0.05, 0.1) is 12.6 Å². The summed E-state index contributed by atoms with van der Waals surface area (Å²) < 4.78 is 4.97. The number of hydrogen-bond donors (Lipinski definition) is 1. The number of carbonyl (C=O) groups excluding carboxylic acids is 2. The summed E-state index contributed by atoms with van der Waals surface area (Å²) in [4.78, 5) is 33.3. The molecule has 0 saturated carbocycles. The minimum absolute atomic E-state index is 0.287. The molecular weight excluding hydrogens is 530 g/mol. The Labute approximate surface area is 247 Å². The van der Waals surface area contributed by atoms with E-state index in [0.717, 1.165) is 64.1 Å². The summed E-state index contributed by atoms with van der Waals surface area (Å²) in [5.41, 5.74) is 5.49. The molecule has 4 aromatic rings. The second-order valence-electron chi connectivity index (χ2n) is 10.2. The third-order valence-electron chi connectivity index (χ3n) is 7.23. The van der Waals surface area contributed by atoms with Crippen LogP contribution in [0, 0.1) is 6.92 Å². The Morgan fingerprint density at radius 2 is 1.78 bits per heavy atom. The maximum absolute atomic E-state index is 13.6. The highest BCUT2D eigenvalue weighted by Gasteiger charge is 2.24. The lowest BCUT2D eigenvalue weighted by Gasteiger charge is -2.25. The number of para-hydroxylation sites is 1. The number of aromatic nitrogens is 1. The highest BCUT2D eigenvalue weighted by atomic mass is 32.2. The molecule has 4 rings (SSSR count). The Bertz CT molecular complexity index is 1490. The number of methoxy groups -OCH3 is 1. The van der Waals surface area contributed by atoms with Crippen LogP contribution in [0.5, 0.6) is 0 Å². The van der Waals surface area contributed by atoms with Gasteiger partial charge in [0.1, 0.15) is 11.9 Å². The van der Waals surface area contributed by atoms with Gasteiger partial charge in [-0.25, -0.2) is 9.78 Å². The number of carbonyl (C=O) groups is 2. The molecule has 1 atom stereocenters. The Hall–Kier alpha value is -3.84. The number of hydrogen-bond acceptors (Lipinski definition) is 6. The molecule has 0 aliphatic rings. The first-order chi connectivity index (χ1) is 19.9. The zero-order valence-electron chi connectivity index (χ0n) is 24.4. The molecule has 0 bridgehead atoms. The van der Waals surface area contributed by atoms with Crippen LogP contribution in [0.4, 0.5) is 5.82 Å². The minimum Gasteiger partial charge on any atom is -0.467 e. The Morgan fingerprint density at radius 1 is 1.00 bits per heavy atom. The number of fused-ring (bicyclic) bond motifs is 1. The summed E-state index contributed by atoms with van der Waals surface area (Å²) in [5, 5.41) is 4.05. The predicted octanol–water partition coefficient (Wildman–Crippen LogP) is 7.04. The van der Waals surface area contributed by atoms with Crippen LogP contribution in [0.2, 0.25) is 0 Å². The fourth-order valence-electron chi connectivity index (χ4n) is 4.92. The summed E-state index contributed by atoms with van der Waals surface area (Å²) in [5.74, 6) is 0.951. The lowest BCUT2D eigenvalue weighted by molar-refractivity contribution is -0.142. The van der Waals surface area contributed by atoms with Gasteiger partial charge in [-0.05, 0) is 84.4 Å². The summed E-state index contributed by atoms with van der Waals surface area (Å²) in [6, 6.07) is 25.7. The lowest BCUT2D eigenvalue weighted by atomic mass is 9.93. The molecule has 1 N–H and O–H groups in total. The number of amides is 1. The van der Waals surface area contributed by atoms with Gasteiger partial charge in [-0.2, -0.15) is 11.8 Å². The monoisotopic (exact) mass is 569 g/mol. The van der Waals surface area contributed by atoms with Crippen molar-refractivity contribution in [3.63, 3.8) is 0 Å². The third-order valence-corrected chi connectivity index (χ3v) is 7.87. The average Bonchev–Trinajstić information content (AvgIpc) is 3.00. The van der Waals surface area contributed by atoms with Crippen molar-refractivity contribution >= 4 is 40.4 Å². The maximum atomic E-state index is 13.6. The number of thioether (sulfide) groups is 1. The van der Waals surface area contributed by atoms with E-state index < -0.39 is 12.0 Å². The Kier molecular flexibility index (Phi) is 10.8. The Balaban J connectivity index is 1.70. The van der Waals surface area contributed by atoms with Gasteiger partial charge in [0.15, 0.2) is 0 Å². The number of esters is 1. The maximum Gasteiger partial charge on any atom is 0.328 e. The van der Waals surface area contributed by atoms with E-state index in [1.165, 1.54) is 7.11 Å². The number of nitrogens with one attached hydrogen (secondary N) is 1. The third kappa shape index (κ3) is 7.67. The van der Waals surface area contributed by atoms with Crippen LogP contribution in [0.25, 0.3) is 22.0 Å². The highest BCUT2D eigenvalue weighted by molar-refractivity contribution is 7.98. The fraction of sp³-hybridized carbons (Fsp3) is 0.324. The smallest absolute Gasteiger partial charge is 0.328 e. The second kappa shape index (κ2) is 14.7. The summed E-state index contributed by atoms with van der Waals surface area (Å²) in [6.07, 6.45) is 4.60. The molecule has 0 spiro atoms. The molecule has 1 aromatic heterocycles. The lowest BCUT2D eigenvalue weighted by Crippen LogP contribution is -2.42. The van der Waals surface area contributed by atoms with Crippen molar-refractivity contribution in [2.24, 2.45) is 0 Å². The molecule has 3 aromatic carbocycles. The van der Waals surface area contributed by atoms with Crippen LogP contribution in [0.1, 0.15) is 47.7 Å². The van der Waals surface area contributed by atoms with Gasteiger partial charge < -0.3 is 15.0 Å². The highest BCUT2D eigenvalue weighted by Crippen LogP contribution is 2.30. The standard InChI is InChI=1S/C34H39N3O3S/c1-5-6-20-37(32-18-16-26-12-8-10-14-30(26)35-32)23-25-15-17-28(29(22-25)27-13-9-7-11-24(27)2)33(38)36-31(19-21-41-4)34(39)40-3/h7-18,22,31H,5-6,19-21,23H2,1-4H3,(H,36,38)/t31-/m0/s1. The fourth-order valence-corrected chi connectivity index (χ4v) is 5.40. The first kappa shape index (κ1) is 30.1. The molecule has 0 saturated heterocycles. The van der Waals surface area contributed by atoms with Crippen LogP contribution in [-0.2, 0) is 16.1 Å². The number of rotatable bonds is 13. The quantitative estimate of drug-likeness (QED) is 0.174. The van der Waals surface area contributed by atoms with Crippen molar-refractivity contribution < 1.29 is 14.3 Å². The van der Waals surface area contributed by atoms with E-state index in [-0.39, 0.29) is 5.91 Å².